The maximum Gasteiger partial charge on any atom is 0.273 e. The van der Waals surface area contributed by atoms with Gasteiger partial charge in [0, 0.05) is 17.2 Å². The van der Waals surface area contributed by atoms with Crippen molar-refractivity contribution in [3.8, 4) is 11.3 Å². The summed E-state index contributed by atoms with van der Waals surface area (Å²) in [5.41, 5.74) is 3.18. The van der Waals surface area contributed by atoms with E-state index in [0.717, 1.165) is 6.07 Å². The van der Waals surface area contributed by atoms with Gasteiger partial charge in [0.1, 0.15) is 23.4 Å². The minimum atomic E-state index is -0.955. The minimum absolute atomic E-state index is 0.0199. The first-order chi connectivity index (χ1) is 16.2. The molecule has 0 saturated carbocycles. The lowest BCUT2D eigenvalue weighted by Gasteiger charge is -2.20. The highest BCUT2D eigenvalue weighted by Crippen LogP contribution is 2.30. The molecule has 2 aromatic carbocycles. The summed E-state index contributed by atoms with van der Waals surface area (Å²) >= 11 is 0. The number of hydrazone groups is 1. The monoisotopic (exact) mass is 466 g/mol. The molecule has 1 aromatic heterocycles. The molecular formula is C24H23FN4O5. The van der Waals surface area contributed by atoms with Crippen LogP contribution >= 0.6 is 0 Å². The number of nitro groups is 1. The summed E-state index contributed by atoms with van der Waals surface area (Å²) in [6, 6.07) is 12.5. The van der Waals surface area contributed by atoms with Crippen molar-refractivity contribution in [3.05, 3.63) is 87.4 Å². The van der Waals surface area contributed by atoms with Crippen molar-refractivity contribution in [2.45, 2.75) is 26.8 Å². The Hall–Kier alpha value is -4.34. The summed E-state index contributed by atoms with van der Waals surface area (Å²) in [6.45, 7) is 5.09. The van der Waals surface area contributed by atoms with Crippen LogP contribution < -0.4 is 10.7 Å². The molecule has 0 unspecified atom stereocenters. The fraction of sp³-hybridized carbons (Fsp3) is 0.208. The zero-order valence-electron chi connectivity index (χ0n) is 18.7. The number of hydrogen-bond donors (Lipinski definition) is 2. The number of nitrogens with one attached hydrogen (secondary N) is 2. The molecule has 2 amide bonds. The van der Waals surface area contributed by atoms with Crippen LogP contribution in [0.1, 0.15) is 35.5 Å². The molecule has 3 rings (SSSR count). The number of amides is 2. The highest BCUT2D eigenvalue weighted by atomic mass is 19.1. The molecule has 0 aliphatic rings. The minimum Gasteiger partial charge on any atom is -0.455 e. The van der Waals surface area contributed by atoms with Gasteiger partial charge in [0.2, 0.25) is 0 Å². The number of halogens is 1. The molecule has 1 heterocycles. The third kappa shape index (κ3) is 5.52. The van der Waals surface area contributed by atoms with Crippen molar-refractivity contribution in [3.63, 3.8) is 0 Å². The second-order valence-corrected chi connectivity index (χ2v) is 7.82. The number of nitrogens with zero attached hydrogens (tertiary/aromatic N) is 2. The Morgan fingerprint density at radius 1 is 1.12 bits per heavy atom. The number of nitro benzene ring substituents is 1. The van der Waals surface area contributed by atoms with E-state index in [-0.39, 0.29) is 17.2 Å². The van der Waals surface area contributed by atoms with E-state index in [2.05, 4.69) is 15.8 Å². The van der Waals surface area contributed by atoms with Crippen molar-refractivity contribution in [2.75, 3.05) is 0 Å². The van der Waals surface area contributed by atoms with Gasteiger partial charge in [-0.2, -0.15) is 5.10 Å². The van der Waals surface area contributed by atoms with E-state index in [4.69, 9.17) is 4.42 Å². The molecule has 176 valence electrons. The molecule has 0 spiro atoms. The largest absolute Gasteiger partial charge is 0.455 e. The zero-order valence-corrected chi connectivity index (χ0v) is 18.7. The summed E-state index contributed by atoms with van der Waals surface area (Å²) in [7, 11) is 0. The van der Waals surface area contributed by atoms with Gasteiger partial charge in [0.15, 0.2) is 0 Å². The summed E-state index contributed by atoms with van der Waals surface area (Å²) in [5, 5.41) is 17.5. The Labute approximate surface area is 194 Å². The molecule has 0 aliphatic heterocycles. The summed E-state index contributed by atoms with van der Waals surface area (Å²) in [4.78, 5) is 35.6. The van der Waals surface area contributed by atoms with E-state index in [1.54, 1.807) is 45.0 Å². The van der Waals surface area contributed by atoms with Crippen LogP contribution in [0.5, 0.6) is 0 Å². The van der Waals surface area contributed by atoms with Crippen LogP contribution in [0.4, 0.5) is 10.1 Å². The third-order valence-electron chi connectivity index (χ3n) is 5.11. The van der Waals surface area contributed by atoms with E-state index in [1.807, 2.05) is 0 Å². The second kappa shape index (κ2) is 10.5. The Balaban J connectivity index is 1.68. The molecule has 0 bridgehead atoms. The lowest BCUT2D eigenvalue weighted by Crippen LogP contribution is -2.48. The molecule has 2 N–H and O–H groups in total. The summed E-state index contributed by atoms with van der Waals surface area (Å²) < 4.78 is 19.5. The van der Waals surface area contributed by atoms with Crippen LogP contribution in [0.25, 0.3) is 11.3 Å². The van der Waals surface area contributed by atoms with E-state index in [1.165, 1.54) is 30.5 Å². The van der Waals surface area contributed by atoms with Gasteiger partial charge in [-0.05, 0) is 37.1 Å². The van der Waals surface area contributed by atoms with Crippen LogP contribution in [0, 0.1) is 28.8 Å². The Morgan fingerprint density at radius 3 is 2.53 bits per heavy atom. The number of carbonyl (C=O) groups excluding carboxylic acids is 2. The zero-order chi connectivity index (χ0) is 24.8. The molecule has 0 saturated heterocycles. The third-order valence-corrected chi connectivity index (χ3v) is 5.11. The topological polar surface area (TPSA) is 127 Å². The average Bonchev–Trinajstić information content (AvgIpc) is 3.25. The van der Waals surface area contributed by atoms with Gasteiger partial charge >= 0.3 is 0 Å². The van der Waals surface area contributed by atoms with Gasteiger partial charge in [-0.15, -0.1) is 0 Å². The first-order valence-corrected chi connectivity index (χ1v) is 10.4. The molecule has 0 fully saturated rings. The van der Waals surface area contributed by atoms with Gasteiger partial charge in [-0.1, -0.05) is 38.1 Å². The van der Waals surface area contributed by atoms with Crippen LogP contribution in [0.2, 0.25) is 0 Å². The molecule has 0 radical (unpaired) electrons. The van der Waals surface area contributed by atoms with Gasteiger partial charge in [0.05, 0.1) is 16.7 Å². The SMILES string of the molecule is Cc1c(-c2ccc(/C=N\NC(=O)[C@H](NC(=O)c3ccccc3F)C(C)C)o2)cccc1[N+](=O)[O-]. The van der Waals surface area contributed by atoms with Crippen LogP contribution in [-0.4, -0.2) is 29.0 Å². The molecule has 9 nitrogen and oxygen atoms in total. The number of hydrogen-bond acceptors (Lipinski definition) is 6. The lowest BCUT2D eigenvalue weighted by atomic mass is 10.0. The van der Waals surface area contributed by atoms with Gasteiger partial charge in [-0.3, -0.25) is 19.7 Å². The maximum absolute atomic E-state index is 13.9. The highest BCUT2D eigenvalue weighted by molar-refractivity contribution is 5.98. The van der Waals surface area contributed by atoms with Crippen molar-refractivity contribution < 1.29 is 23.3 Å². The number of rotatable bonds is 8. The standard InChI is InChI=1S/C24H23FN4O5/c1-14(2)22(27-23(30)18-7-4-5-9-19(18)25)24(31)28-26-13-16-11-12-21(34-16)17-8-6-10-20(15(17)3)29(32)33/h4-14,22H,1-3H3,(H,27,30)(H,28,31)/b26-13-/t22-/m1/s1. The van der Waals surface area contributed by atoms with Gasteiger partial charge in [0.25, 0.3) is 17.5 Å². The Bertz CT molecular complexity index is 1250. The van der Waals surface area contributed by atoms with Crippen molar-refractivity contribution in [1.82, 2.24) is 10.7 Å². The second-order valence-electron chi connectivity index (χ2n) is 7.82. The van der Waals surface area contributed by atoms with Crippen LogP contribution in [0.15, 0.2) is 64.1 Å². The summed E-state index contributed by atoms with van der Waals surface area (Å²) in [5.74, 6) is -1.56. The predicted octanol–water partition coefficient (Wildman–Crippen LogP) is 4.21. The first-order valence-electron chi connectivity index (χ1n) is 10.4. The van der Waals surface area contributed by atoms with Gasteiger partial charge in [-0.25, -0.2) is 9.82 Å². The molecular weight excluding hydrogens is 443 g/mol. The van der Waals surface area contributed by atoms with Crippen LogP contribution in [-0.2, 0) is 4.79 Å². The van der Waals surface area contributed by atoms with Crippen LogP contribution in [0.3, 0.4) is 0 Å². The highest BCUT2D eigenvalue weighted by Gasteiger charge is 2.25. The molecule has 34 heavy (non-hydrogen) atoms. The van der Waals surface area contributed by atoms with E-state index >= 15 is 0 Å². The average molecular weight is 466 g/mol. The fourth-order valence-corrected chi connectivity index (χ4v) is 3.28. The Morgan fingerprint density at radius 2 is 1.85 bits per heavy atom. The molecule has 0 aliphatic carbocycles. The van der Waals surface area contributed by atoms with Crippen molar-refractivity contribution in [2.24, 2.45) is 11.0 Å². The van der Waals surface area contributed by atoms with E-state index in [0.29, 0.717) is 22.6 Å². The Kier molecular flexibility index (Phi) is 7.52. The normalized spacial score (nSPS) is 12.0. The van der Waals surface area contributed by atoms with Crippen molar-refractivity contribution >= 4 is 23.7 Å². The van der Waals surface area contributed by atoms with E-state index < -0.39 is 28.6 Å². The predicted molar refractivity (Wildman–Crippen MR) is 124 cm³/mol. The number of furan rings is 1. The van der Waals surface area contributed by atoms with E-state index in [9.17, 15) is 24.1 Å². The smallest absolute Gasteiger partial charge is 0.273 e. The lowest BCUT2D eigenvalue weighted by molar-refractivity contribution is -0.385. The number of carbonyl (C=O) groups is 2. The summed E-state index contributed by atoms with van der Waals surface area (Å²) in [6.07, 6.45) is 1.27. The quantitative estimate of drug-likeness (QED) is 0.292. The number of benzene rings is 2. The fourth-order valence-electron chi connectivity index (χ4n) is 3.28. The maximum atomic E-state index is 13.9. The molecule has 3 aromatic rings. The van der Waals surface area contributed by atoms with Gasteiger partial charge < -0.3 is 9.73 Å². The molecule has 1 atom stereocenters. The first kappa shape index (κ1) is 24.3. The van der Waals surface area contributed by atoms with Crippen molar-refractivity contribution in [1.29, 1.82) is 0 Å². The molecule has 10 heteroatoms.